The molecule has 1 N–H and O–H groups in total. The van der Waals surface area contributed by atoms with Gasteiger partial charge in [0.15, 0.2) is 0 Å². The zero-order valence-electron chi connectivity index (χ0n) is 10.8. The maximum absolute atomic E-state index is 10.8. The number of hydrogen-bond acceptors (Lipinski definition) is 5. The van der Waals surface area contributed by atoms with E-state index in [1.807, 2.05) is 12.3 Å². The summed E-state index contributed by atoms with van der Waals surface area (Å²) in [6.07, 6.45) is 0. The number of rotatable bonds is 3. The molecule has 0 spiro atoms. The fourth-order valence-electron chi connectivity index (χ4n) is 1.76. The first-order chi connectivity index (χ1) is 10.1. The van der Waals surface area contributed by atoms with Crippen LogP contribution >= 0.6 is 22.9 Å². The fraction of sp³-hybridized carbons (Fsp3) is 0.0714. The van der Waals surface area contributed by atoms with Gasteiger partial charge in [-0.25, -0.2) is 4.79 Å². The van der Waals surface area contributed by atoms with E-state index < -0.39 is 5.97 Å². The highest BCUT2D eigenvalue weighted by Gasteiger charge is 2.16. The largest absolute Gasteiger partial charge is 0.478 e. The Morgan fingerprint density at radius 2 is 1.90 bits per heavy atom. The zero-order chi connectivity index (χ0) is 15.0. The smallest absolute Gasteiger partial charge is 0.335 e. The molecule has 0 radical (unpaired) electrons. The van der Waals surface area contributed by atoms with Gasteiger partial charge in [0.1, 0.15) is 4.88 Å². The van der Waals surface area contributed by atoms with Gasteiger partial charge in [0.05, 0.1) is 10.6 Å². The Hall–Kier alpha value is -2.18. The molecule has 3 aromatic rings. The quantitative estimate of drug-likeness (QED) is 0.785. The third-order valence-electron chi connectivity index (χ3n) is 2.90. The maximum Gasteiger partial charge on any atom is 0.335 e. The minimum Gasteiger partial charge on any atom is -0.478 e. The molecule has 0 bridgehead atoms. The van der Waals surface area contributed by atoms with E-state index in [-0.39, 0.29) is 5.56 Å². The van der Waals surface area contributed by atoms with E-state index in [1.54, 1.807) is 12.1 Å². The van der Waals surface area contributed by atoms with E-state index in [4.69, 9.17) is 21.1 Å². The highest BCUT2D eigenvalue weighted by Crippen LogP contribution is 2.36. The predicted octanol–water partition coefficient (Wildman–Crippen LogP) is 4.13. The summed E-state index contributed by atoms with van der Waals surface area (Å²) in [5.41, 5.74) is 1.82. The van der Waals surface area contributed by atoms with E-state index in [1.165, 1.54) is 23.5 Å². The molecule has 106 valence electrons. The van der Waals surface area contributed by atoms with Gasteiger partial charge in [0.2, 0.25) is 5.89 Å². The third kappa shape index (κ3) is 2.55. The molecule has 0 unspecified atom stereocenters. The number of thiophene rings is 1. The molecule has 2 aromatic heterocycles. The molecule has 0 saturated heterocycles. The van der Waals surface area contributed by atoms with Gasteiger partial charge in [-0.2, -0.15) is 0 Å². The van der Waals surface area contributed by atoms with Gasteiger partial charge in [0, 0.05) is 5.56 Å². The second-order valence-electron chi connectivity index (χ2n) is 4.36. The Labute approximate surface area is 128 Å². The number of aryl methyl sites for hydroxylation is 1. The highest BCUT2D eigenvalue weighted by molar-refractivity contribution is 7.14. The zero-order valence-corrected chi connectivity index (χ0v) is 12.4. The van der Waals surface area contributed by atoms with Gasteiger partial charge >= 0.3 is 5.97 Å². The number of hydrogen-bond donors (Lipinski definition) is 1. The van der Waals surface area contributed by atoms with Gasteiger partial charge in [0.25, 0.3) is 5.89 Å². The van der Waals surface area contributed by atoms with Crippen molar-refractivity contribution in [2.45, 2.75) is 6.92 Å². The molecule has 0 aliphatic carbocycles. The van der Waals surface area contributed by atoms with Crippen molar-refractivity contribution in [2.75, 3.05) is 0 Å². The van der Waals surface area contributed by atoms with Crippen molar-refractivity contribution in [2.24, 2.45) is 0 Å². The van der Waals surface area contributed by atoms with Crippen molar-refractivity contribution in [3.05, 3.63) is 45.8 Å². The summed E-state index contributed by atoms with van der Waals surface area (Å²) in [6, 6.07) is 6.23. The first-order valence-corrected chi connectivity index (χ1v) is 7.23. The van der Waals surface area contributed by atoms with Crippen LogP contribution in [0.4, 0.5) is 0 Å². The van der Waals surface area contributed by atoms with Crippen molar-refractivity contribution in [1.82, 2.24) is 10.2 Å². The van der Waals surface area contributed by atoms with Crippen molar-refractivity contribution < 1.29 is 14.3 Å². The number of nitrogens with zero attached hydrogens (tertiary/aromatic N) is 2. The van der Waals surface area contributed by atoms with E-state index in [2.05, 4.69) is 10.2 Å². The molecule has 0 amide bonds. The first-order valence-electron chi connectivity index (χ1n) is 5.97. The standard InChI is InChI=1S/C14H9ClN2O3S/c1-7-6-21-11(10(7)15)13-17-16-12(20-13)8-2-4-9(5-3-8)14(18)19/h2-6H,1H3,(H,18,19). The molecular weight excluding hydrogens is 312 g/mol. The molecule has 7 heteroatoms. The van der Waals surface area contributed by atoms with Crippen molar-refractivity contribution in [3.8, 4) is 22.2 Å². The molecular formula is C14H9ClN2O3S. The van der Waals surface area contributed by atoms with E-state index in [9.17, 15) is 4.79 Å². The van der Waals surface area contributed by atoms with E-state index in [0.29, 0.717) is 22.4 Å². The minimum atomic E-state index is -0.978. The molecule has 0 atom stereocenters. The third-order valence-corrected chi connectivity index (χ3v) is 4.58. The molecule has 2 heterocycles. The summed E-state index contributed by atoms with van der Waals surface area (Å²) in [5, 5.41) is 19.4. The Morgan fingerprint density at radius 1 is 1.24 bits per heavy atom. The SMILES string of the molecule is Cc1csc(-c2nnc(-c3ccc(C(=O)O)cc3)o2)c1Cl. The van der Waals surface area contributed by atoms with Crippen LogP contribution in [0.2, 0.25) is 5.02 Å². The second-order valence-corrected chi connectivity index (χ2v) is 5.61. The number of benzene rings is 1. The van der Waals surface area contributed by atoms with Crippen LogP contribution in [0.15, 0.2) is 34.1 Å². The van der Waals surface area contributed by atoms with Crippen LogP contribution < -0.4 is 0 Å². The normalized spacial score (nSPS) is 10.8. The Balaban J connectivity index is 1.94. The van der Waals surface area contributed by atoms with Crippen LogP contribution in [0.25, 0.3) is 22.2 Å². The lowest BCUT2D eigenvalue weighted by atomic mass is 10.1. The number of carboxylic acids is 1. The summed E-state index contributed by atoms with van der Waals surface area (Å²) in [7, 11) is 0. The molecule has 0 aliphatic heterocycles. The van der Waals surface area contributed by atoms with Crippen molar-refractivity contribution >= 4 is 28.9 Å². The number of halogens is 1. The van der Waals surface area contributed by atoms with Crippen LogP contribution in [0.1, 0.15) is 15.9 Å². The van der Waals surface area contributed by atoms with Gasteiger partial charge < -0.3 is 9.52 Å². The van der Waals surface area contributed by atoms with Gasteiger partial charge in [-0.05, 0) is 42.1 Å². The van der Waals surface area contributed by atoms with Crippen LogP contribution in [-0.4, -0.2) is 21.3 Å². The summed E-state index contributed by atoms with van der Waals surface area (Å²) in [4.78, 5) is 11.5. The lowest BCUT2D eigenvalue weighted by molar-refractivity contribution is 0.0697. The number of carbonyl (C=O) groups is 1. The molecule has 0 aliphatic rings. The lowest BCUT2D eigenvalue weighted by Crippen LogP contribution is -1.94. The van der Waals surface area contributed by atoms with Gasteiger partial charge in [-0.15, -0.1) is 21.5 Å². The predicted molar refractivity (Wildman–Crippen MR) is 79.8 cm³/mol. The molecule has 5 nitrogen and oxygen atoms in total. The molecule has 0 saturated carbocycles. The lowest BCUT2D eigenvalue weighted by Gasteiger charge is -1.96. The number of carboxylic acid groups (broad SMARTS) is 1. The summed E-state index contributed by atoms with van der Waals surface area (Å²) < 4.78 is 5.61. The molecule has 21 heavy (non-hydrogen) atoms. The summed E-state index contributed by atoms with van der Waals surface area (Å²) in [6.45, 7) is 1.91. The highest BCUT2D eigenvalue weighted by atomic mass is 35.5. The summed E-state index contributed by atoms with van der Waals surface area (Å²) >= 11 is 7.61. The van der Waals surface area contributed by atoms with Gasteiger partial charge in [-0.1, -0.05) is 11.6 Å². The van der Waals surface area contributed by atoms with Crippen molar-refractivity contribution in [3.63, 3.8) is 0 Å². The topological polar surface area (TPSA) is 76.2 Å². The number of aromatic carboxylic acids is 1. The molecule has 1 aromatic carbocycles. The van der Waals surface area contributed by atoms with Crippen LogP contribution in [0.5, 0.6) is 0 Å². The second kappa shape index (κ2) is 5.31. The van der Waals surface area contributed by atoms with Crippen molar-refractivity contribution in [1.29, 1.82) is 0 Å². The maximum atomic E-state index is 10.8. The summed E-state index contributed by atoms with van der Waals surface area (Å²) in [5.74, 6) is -0.298. The van der Waals surface area contributed by atoms with Crippen LogP contribution in [-0.2, 0) is 0 Å². The Morgan fingerprint density at radius 3 is 2.48 bits per heavy atom. The van der Waals surface area contributed by atoms with Gasteiger partial charge in [-0.3, -0.25) is 0 Å². The van der Waals surface area contributed by atoms with Crippen LogP contribution in [0, 0.1) is 6.92 Å². The molecule has 3 rings (SSSR count). The molecule has 0 fully saturated rings. The Bertz CT molecular complexity index is 808. The van der Waals surface area contributed by atoms with E-state index >= 15 is 0 Å². The first kappa shape index (κ1) is 13.8. The monoisotopic (exact) mass is 320 g/mol. The van der Waals surface area contributed by atoms with E-state index in [0.717, 1.165) is 10.4 Å². The number of aromatic nitrogens is 2. The average molecular weight is 321 g/mol. The van der Waals surface area contributed by atoms with Crippen LogP contribution in [0.3, 0.4) is 0 Å². The Kier molecular flexibility index (Phi) is 3.48. The average Bonchev–Trinajstić information content (AvgIpc) is 3.07. The fourth-order valence-corrected chi connectivity index (χ4v) is 2.96. The minimum absolute atomic E-state index is 0.204.